The molecule has 0 bridgehead atoms. The van der Waals surface area contributed by atoms with E-state index in [1.165, 1.54) is 14.0 Å². The van der Waals surface area contributed by atoms with Crippen LogP contribution in [0.5, 0.6) is 0 Å². The Labute approximate surface area is 166 Å². The van der Waals surface area contributed by atoms with E-state index in [1.54, 1.807) is 6.92 Å². The van der Waals surface area contributed by atoms with E-state index >= 15 is 0 Å². The first-order chi connectivity index (χ1) is 12.5. The smallest absolute Gasteiger partial charge is 0.327 e. The molecule has 0 saturated heterocycles. The van der Waals surface area contributed by atoms with Crippen molar-refractivity contribution < 1.29 is 29.0 Å². The van der Waals surface area contributed by atoms with Crippen LogP contribution in [0.2, 0.25) is 0 Å². The Morgan fingerprint density at radius 3 is 2.00 bits per heavy atom. The molecule has 0 heterocycles. The van der Waals surface area contributed by atoms with Crippen molar-refractivity contribution in [1.82, 2.24) is 5.32 Å². The second kappa shape index (κ2) is 14.4. The Morgan fingerprint density at radius 2 is 1.67 bits per heavy atom. The van der Waals surface area contributed by atoms with Gasteiger partial charge in [0.1, 0.15) is 6.04 Å². The van der Waals surface area contributed by atoms with Gasteiger partial charge in [-0.05, 0) is 12.3 Å². The third-order valence-corrected chi connectivity index (χ3v) is 4.79. The third-order valence-electron chi connectivity index (χ3n) is 3.71. The van der Waals surface area contributed by atoms with Gasteiger partial charge in [0.2, 0.25) is 11.8 Å². The molecule has 158 valence electrons. The molecule has 8 nitrogen and oxygen atoms in total. The number of carboxylic acids is 1. The van der Waals surface area contributed by atoms with E-state index in [2.05, 4.69) is 5.32 Å². The summed E-state index contributed by atoms with van der Waals surface area (Å²) in [5.74, 6) is -3.49. The molecule has 4 atom stereocenters. The Morgan fingerprint density at radius 1 is 1.15 bits per heavy atom. The summed E-state index contributed by atoms with van der Waals surface area (Å²) in [7, 11) is 1.41. The zero-order valence-corrected chi connectivity index (χ0v) is 18.1. The molecule has 0 rings (SSSR count). The molecule has 0 radical (unpaired) electrons. The number of nitrogens with two attached hydrogens (primary N) is 1. The van der Waals surface area contributed by atoms with Crippen molar-refractivity contribution in [2.24, 2.45) is 23.5 Å². The van der Waals surface area contributed by atoms with Crippen LogP contribution in [0.1, 0.15) is 48.0 Å². The van der Waals surface area contributed by atoms with Crippen LogP contribution in [0.25, 0.3) is 0 Å². The number of carbonyl (C=O) groups is 4. The van der Waals surface area contributed by atoms with Crippen LogP contribution in [0.3, 0.4) is 0 Å². The fourth-order valence-corrected chi connectivity index (χ4v) is 3.44. The molecule has 0 spiro atoms. The molecular weight excluding hydrogens is 372 g/mol. The van der Waals surface area contributed by atoms with Gasteiger partial charge in [-0.2, -0.15) is 0 Å². The number of aliphatic carboxylic acids is 1. The molecule has 27 heavy (non-hydrogen) atoms. The molecule has 0 saturated carbocycles. The van der Waals surface area contributed by atoms with Crippen molar-refractivity contribution in [1.29, 1.82) is 0 Å². The van der Waals surface area contributed by atoms with Gasteiger partial charge in [-0.25, -0.2) is 4.79 Å². The van der Waals surface area contributed by atoms with Crippen LogP contribution in [0.15, 0.2) is 0 Å². The van der Waals surface area contributed by atoms with Gasteiger partial charge >= 0.3 is 5.97 Å². The first-order valence-electron chi connectivity index (χ1n) is 8.99. The van der Waals surface area contributed by atoms with Gasteiger partial charge in [0.25, 0.3) is 0 Å². The van der Waals surface area contributed by atoms with Gasteiger partial charge < -0.3 is 20.9 Å². The summed E-state index contributed by atoms with van der Waals surface area (Å²) in [6.45, 7) is 10.7. The van der Waals surface area contributed by atoms with Crippen LogP contribution in [0, 0.1) is 17.8 Å². The molecule has 0 aromatic rings. The number of thioether (sulfide) groups is 1. The molecule has 0 aliphatic rings. The minimum atomic E-state index is -1.22. The number of primary amides is 1. The van der Waals surface area contributed by atoms with Crippen molar-refractivity contribution in [3.05, 3.63) is 0 Å². The minimum absolute atomic E-state index is 0.107. The van der Waals surface area contributed by atoms with Crippen LogP contribution in [0.4, 0.5) is 0 Å². The highest BCUT2D eigenvalue weighted by atomic mass is 32.2. The number of amides is 2. The normalized spacial score (nSPS) is 15.0. The van der Waals surface area contributed by atoms with Crippen LogP contribution >= 0.6 is 11.8 Å². The fraction of sp³-hybridized carbons (Fsp3) is 0.778. The van der Waals surface area contributed by atoms with E-state index in [0.29, 0.717) is 6.42 Å². The monoisotopic (exact) mass is 406 g/mol. The van der Waals surface area contributed by atoms with Crippen molar-refractivity contribution in [3.63, 3.8) is 0 Å². The highest BCUT2D eigenvalue weighted by molar-refractivity contribution is 8.13. The number of rotatable bonds is 11. The number of hydrogen-bond donors (Lipinski definition) is 3. The minimum Gasteiger partial charge on any atom is -0.480 e. The predicted octanol–water partition coefficient (Wildman–Crippen LogP) is 1.66. The van der Waals surface area contributed by atoms with Crippen LogP contribution in [-0.4, -0.2) is 53.0 Å². The van der Waals surface area contributed by atoms with Gasteiger partial charge in [0, 0.05) is 19.8 Å². The molecule has 0 aliphatic carbocycles. The summed E-state index contributed by atoms with van der Waals surface area (Å²) in [6, 6.07) is -1.17. The number of nitrogens with one attached hydrogen (secondary N) is 1. The number of methoxy groups -OCH3 is 1. The highest BCUT2D eigenvalue weighted by Gasteiger charge is 2.36. The molecule has 4 N–H and O–H groups in total. The molecule has 0 aromatic heterocycles. The Bertz CT molecular complexity index is 498. The summed E-state index contributed by atoms with van der Waals surface area (Å²) in [5.41, 5.74) is 5.34. The van der Waals surface area contributed by atoms with E-state index in [0.717, 1.165) is 11.8 Å². The maximum Gasteiger partial charge on any atom is 0.327 e. The second-order valence-electron chi connectivity index (χ2n) is 6.35. The maximum absolute atomic E-state index is 12.6. The molecule has 4 unspecified atom stereocenters. The second-order valence-corrected chi connectivity index (χ2v) is 7.37. The van der Waals surface area contributed by atoms with Crippen molar-refractivity contribution in [2.45, 2.75) is 60.1 Å². The number of hydrogen-bond acceptors (Lipinski definition) is 6. The predicted molar refractivity (Wildman–Crippen MR) is 106 cm³/mol. The topological polar surface area (TPSA) is 136 Å². The van der Waals surface area contributed by atoms with E-state index in [4.69, 9.17) is 15.6 Å². The SMILES string of the molecule is CC.COC(C(C)C(N)=O)C(CC(C)C)C(=O)SCC(NC(C)=O)C(=O)O. The molecule has 0 aliphatic heterocycles. The average Bonchev–Trinajstić information content (AvgIpc) is 2.58. The Hall–Kier alpha value is -1.61. The van der Waals surface area contributed by atoms with E-state index in [9.17, 15) is 19.2 Å². The molecule has 0 aromatic carbocycles. The van der Waals surface area contributed by atoms with E-state index < -0.39 is 41.8 Å². The lowest BCUT2D eigenvalue weighted by Crippen LogP contribution is -2.43. The summed E-state index contributed by atoms with van der Waals surface area (Å²) >= 11 is 0.811. The standard InChI is InChI=1S/C16H28N2O6S.C2H6/c1-8(2)6-11(13(24-5)9(3)14(17)20)16(23)25-7-12(15(21)22)18-10(4)19;1-2/h8-9,11-13H,6-7H2,1-5H3,(H2,17,20)(H,18,19)(H,21,22);1-2H3. The first-order valence-corrected chi connectivity index (χ1v) is 9.98. The zero-order chi connectivity index (χ0) is 21.7. The van der Waals surface area contributed by atoms with Crippen LogP contribution in [-0.2, 0) is 23.9 Å². The summed E-state index contributed by atoms with van der Waals surface area (Å²) in [5, 5.41) is 11.1. The lowest BCUT2D eigenvalue weighted by atomic mass is 9.86. The summed E-state index contributed by atoms with van der Waals surface area (Å²) in [6.07, 6.45) is -0.219. The van der Waals surface area contributed by atoms with Crippen molar-refractivity contribution in [3.8, 4) is 0 Å². The third kappa shape index (κ3) is 11.0. The highest BCUT2D eigenvalue weighted by Crippen LogP contribution is 2.28. The lowest BCUT2D eigenvalue weighted by molar-refractivity contribution is -0.140. The number of carbonyl (C=O) groups excluding carboxylic acids is 3. The summed E-state index contributed by atoms with van der Waals surface area (Å²) < 4.78 is 5.36. The molecular formula is C18H34N2O6S. The van der Waals surface area contributed by atoms with Gasteiger partial charge in [-0.3, -0.25) is 14.4 Å². The largest absolute Gasteiger partial charge is 0.480 e. The van der Waals surface area contributed by atoms with Crippen LogP contribution < -0.4 is 11.1 Å². The summed E-state index contributed by atoms with van der Waals surface area (Å²) in [4.78, 5) is 46.4. The molecule has 2 amide bonds. The van der Waals surface area contributed by atoms with Crippen molar-refractivity contribution in [2.75, 3.05) is 12.9 Å². The molecule has 0 fully saturated rings. The van der Waals surface area contributed by atoms with Crippen molar-refractivity contribution >= 4 is 34.7 Å². The lowest BCUT2D eigenvalue weighted by Gasteiger charge is -2.29. The Balaban J connectivity index is 0. The number of ether oxygens (including phenoxy) is 1. The van der Waals surface area contributed by atoms with Gasteiger partial charge in [-0.15, -0.1) is 0 Å². The van der Waals surface area contributed by atoms with Gasteiger partial charge in [0.05, 0.1) is 17.9 Å². The Kier molecular flexibility index (Phi) is 14.8. The quantitative estimate of drug-likeness (QED) is 0.475. The first kappa shape index (κ1) is 27.6. The van der Waals surface area contributed by atoms with E-state index in [1.807, 2.05) is 27.7 Å². The van der Waals surface area contributed by atoms with Gasteiger partial charge in [0.15, 0.2) is 5.12 Å². The average molecular weight is 407 g/mol. The molecule has 9 heteroatoms. The number of carboxylic acid groups (broad SMARTS) is 1. The van der Waals surface area contributed by atoms with Gasteiger partial charge in [-0.1, -0.05) is 46.4 Å². The fourth-order valence-electron chi connectivity index (χ4n) is 2.44. The zero-order valence-electron chi connectivity index (χ0n) is 17.3. The van der Waals surface area contributed by atoms with E-state index in [-0.39, 0.29) is 16.8 Å². The maximum atomic E-state index is 12.6.